The summed E-state index contributed by atoms with van der Waals surface area (Å²) in [6, 6.07) is 69.1. The van der Waals surface area contributed by atoms with Crippen LogP contribution in [0.25, 0.3) is 93.6 Å². The van der Waals surface area contributed by atoms with Crippen LogP contribution in [0.5, 0.6) is 0 Å². The van der Waals surface area contributed by atoms with Gasteiger partial charge in [-0.15, -0.1) is 0 Å². The third kappa shape index (κ3) is 5.90. The summed E-state index contributed by atoms with van der Waals surface area (Å²) in [5.41, 5.74) is 11.2. The zero-order valence-electron chi connectivity index (χ0n) is 36.9. The Morgan fingerprint density at radius 1 is 0.393 bits per heavy atom. The SMILES string of the molecule is [2H]c1c([2H])c(N(c2ccc(-c3cccc(-n4c5ccccc5c5ccccc54)c3)cc2)c2ccccc2-c2ccc3oc4c5ccccc5ccc4c3c2)c([2H])c([2H])c1-c1ccccc1. The van der Waals surface area contributed by atoms with Crippen LogP contribution in [-0.4, -0.2) is 4.57 Å². The zero-order chi connectivity index (χ0) is 43.8. The molecular formula is C58H38N2O. The van der Waals surface area contributed by atoms with Gasteiger partial charge in [-0.25, -0.2) is 0 Å². The molecule has 0 fully saturated rings. The molecule has 0 radical (unpaired) electrons. The molecule has 0 spiro atoms. The van der Waals surface area contributed by atoms with E-state index in [1.165, 1.54) is 10.8 Å². The number of para-hydroxylation sites is 3. The summed E-state index contributed by atoms with van der Waals surface area (Å²) in [6.07, 6.45) is 0. The molecule has 3 heteroatoms. The number of nitrogens with zero attached hydrogens (tertiary/aromatic N) is 2. The largest absolute Gasteiger partial charge is 0.455 e. The third-order valence-electron chi connectivity index (χ3n) is 11.9. The summed E-state index contributed by atoms with van der Waals surface area (Å²) in [4.78, 5) is 1.88. The summed E-state index contributed by atoms with van der Waals surface area (Å²) in [5, 5.41) is 6.57. The average Bonchev–Trinajstić information content (AvgIpc) is 3.91. The second-order valence-electron chi connectivity index (χ2n) is 15.4. The van der Waals surface area contributed by atoms with E-state index in [0.29, 0.717) is 16.9 Å². The predicted octanol–water partition coefficient (Wildman–Crippen LogP) is 16.3. The number of benzene rings is 10. The molecule has 12 aromatic rings. The highest BCUT2D eigenvalue weighted by Crippen LogP contribution is 2.44. The Labute approximate surface area is 359 Å². The molecule has 3 nitrogen and oxygen atoms in total. The quantitative estimate of drug-likeness (QED) is 0.161. The first kappa shape index (κ1) is 30.9. The van der Waals surface area contributed by atoms with Gasteiger partial charge in [-0.3, -0.25) is 0 Å². The van der Waals surface area contributed by atoms with Crippen molar-refractivity contribution in [1.29, 1.82) is 0 Å². The van der Waals surface area contributed by atoms with Gasteiger partial charge in [0.1, 0.15) is 11.2 Å². The van der Waals surface area contributed by atoms with E-state index in [-0.39, 0.29) is 35.4 Å². The Morgan fingerprint density at radius 2 is 1.03 bits per heavy atom. The number of aromatic nitrogens is 1. The molecule has 286 valence electrons. The van der Waals surface area contributed by atoms with E-state index >= 15 is 0 Å². The number of rotatable bonds is 7. The van der Waals surface area contributed by atoms with Crippen molar-refractivity contribution in [2.24, 2.45) is 0 Å². The number of hydrogen-bond donors (Lipinski definition) is 0. The Bertz CT molecular complexity index is 3750. The highest BCUT2D eigenvalue weighted by Gasteiger charge is 2.20. The highest BCUT2D eigenvalue weighted by atomic mass is 16.3. The number of fused-ring (bicyclic) bond motifs is 8. The van der Waals surface area contributed by atoms with Gasteiger partial charge in [0, 0.05) is 49.6 Å². The zero-order valence-corrected chi connectivity index (χ0v) is 32.9. The minimum atomic E-state index is -0.134. The maximum absolute atomic E-state index is 9.61. The van der Waals surface area contributed by atoms with Crippen molar-refractivity contribution in [1.82, 2.24) is 4.57 Å². The average molecular weight is 783 g/mol. The fourth-order valence-corrected chi connectivity index (χ4v) is 8.97. The topological polar surface area (TPSA) is 21.3 Å². The van der Waals surface area contributed by atoms with Crippen LogP contribution in [0.3, 0.4) is 0 Å². The van der Waals surface area contributed by atoms with E-state index in [2.05, 4.69) is 120 Å². The standard InChI is InChI=1S/C58H38N2O/c1-2-13-39(14-3-1)40-25-31-45(32-26-40)59(54-22-9-6-18-48(54)44-30-36-57-53(38-44)52-35-29-42-15-4-5-19-49(42)58(52)61-57)46-33-27-41(28-34-46)43-16-12-17-47(37-43)60-55-23-10-7-20-50(55)51-21-8-11-24-56(51)60/h1-38H/i25D,26D,31D,32D. The molecule has 12 rings (SSSR count). The van der Waals surface area contributed by atoms with Crippen molar-refractivity contribution < 1.29 is 9.90 Å². The molecule has 61 heavy (non-hydrogen) atoms. The van der Waals surface area contributed by atoms with E-state index in [9.17, 15) is 5.48 Å². The molecule has 0 bridgehead atoms. The van der Waals surface area contributed by atoms with Crippen LogP contribution >= 0.6 is 0 Å². The van der Waals surface area contributed by atoms with Gasteiger partial charge in [0.2, 0.25) is 0 Å². The molecule has 0 N–H and O–H groups in total. The highest BCUT2D eigenvalue weighted by molar-refractivity contribution is 6.16. The maximum Gasteiger partial charge on any atom is 0.143 e. The lowest BCUT2D eigenvalue weighted by molar-refractivity contribution is 0.672. The van der Waals surface area contributed by atoms with Crippen LogP contribution in [0.4, 0.5) is 17.1 Å². The second-order valence-corrected chi connectivity index (χ2v) is 15.4. The number of hydrogen-bond acceptors (Lipinski definition) is 2. The summed E-state index contributed by atoms with van der Waals surface area (Å²) in [6.45, 7) is 0. The van der Waals surface area contributed by atoms with Gasteiger partial charge in [0.25, 0.3) is 0 Å². The fourth-order valence-electron chi connectivity index (χ4n) is 8.97. The van der Waals surface area contributed by atoms with Crippen LogP contribution < -0.4 is 4.90 Å². The lowest BCUT2D eigenvalue weighted by atomic mass is 9.98. The van der Waals surface area contributed by atoms with E-state index < -0.39 is 0 Å². The number of furan rings is 1. The van der Waals surface area contributed by atoms with Crippen LogP contribution in [-0.2, 0) is 0 Å². The van der Waals surface area contributed by atoms with Gasteiger partial charge in [-0.1, -0.05) is 158 Å². The Hall–Kier alpha value is -8.14. The first-order chi connectivity index (χ1) is 31.9. The Morgan fingerprint density at radius 3 is 1.82 bits per heavy atom. The summed E-state index contributed by atoms with van der Waals surface area (Å²) in [5.74, 6) is 0. The van der Waals surface area contributed by atoms with Gasteiger partial charge < -0.3 is 13.9 Å². The summed E-state index contributed by atoms with van der Waals surface area (Å²) < 4.78 is 46.7. The van der Waals surface area contributed by atoms with Crippen LogP contribution in [0, 0.1) is 0 Å². The van der Waals surface area contributed by atoms with Gasteiger partial charge in [0.05, 0.1) is 22.2 Å². The molecule has 0 aliphatic heterocycles. The van der Waals surface area contributed by atoms with Gasteiger partial charge in [-0.05, 0) is 106 Å². The van der Waals surface area contributed by atoms with Crippen molar-refractivity contribution in [3.63, 3.8) is 0 Å². The first-order valence-electron chi connectivity index (χ1n) is 22.5. The smallest absolute Gasteiger partial charge is 0.143 e. The minimum Gasteiger partial charge on any atom is -0.455 e. The van der Waals surface area contributed by atoms with Crippen molar-refractivity contribution >= 4 is 71.6 Å². The molecule has 0 aliphatic carbocycles. The van der Waals surface area contributed by atoms with E-state index in [1.54, 1.807) is 0 Å². The summed E-state index contributed by atoms with van der Waals surface area (Å²) in [7, 11) is 0. The van der Waals surface area contributed by atoms with E-state index in [1.807, 2.05) is 95.9 Å². The monoisotopic (exact) mass is 782 g/mol. The molecule has 0 saturated heterocycles. The van der Waals surface area contributed by atoms with Crippen molar-refractivity contribution in [2.75, 3.05) is 4.90 Å². The molecule has 10 aromatic carbocycles. The lowest BCUT2D eigenvalue weighted by Gasteiger charge is -2.28. The third-order valence-corrected chi connectivity index (χ3v) is 11.9. The molecule has 0 aliphatic rings. The molecular weight excluding hydrogens is 741 g/mol. The molecule has 0 atom stereocenters. The first-order valence-corrected chi connectivity index (χ1v) is 20.5. The van der Waals surface area contributed by atoms with Crippen molar-refractivity contribution in [3.8, 4) is 39.1 Å². The second kappa shape index (κ2) is 14.3. The maximum atomic E-state index is 9.61. The van der Waals surface area contributed by atoms with Crippen LogP contribution in [0.15, 0.2) is 235 Å². The molecule has 0 saturated carbocycles. The van der Waals surface area contributed by atoms with Crippen molar-refractivity contribution in [2.45, 2.75) is 0 Å². The predicted molar refractivity (Wildman–Crippen MR) is 257 cm³/mol. The Kier molecular flexibility index (Phi) is 7.24. The molecule has 0 unspecified atom stereocenters. The Balaban J connectivity index is 1.02. The van der Waals surface area contributed by atoms with Crippen LogP contribution in [0.2, 0.25) is 0 Å². The normalized spacial score (nSPS) is 12.5. The van der Waals surface area contributed by atoms with Gasteiger partial charge >= 0.3 is 0 Å². The van der Waals surface area contributed by atoms with Gasteiger partial charge in [0.15, 0.2) is 0 Å². The van der Waals surface area contributed by atoms with E-state index in [0.717, 1.165) is 71.7 Å². The molecule has 2 heterocycles. The van der Waals surface area contributed by atoms with E-state index in [4.69, 9.17) is 4.42 Å². The van der Waals surface area contributed by atoms with Crippen molar-refractivity contribution in [3.05, 3.63) is 230 Å². The van der Waals surface area contributed by atoms with Crippen LogP contribution in [0.1, 0.15) is 5.48 Å². The molecule has 0 amide bonds. The number of anilines is 3. The minimum absolute atomic E-state index is 0.105. The molecule has 2 aromatic heterocycles. The fraction of sp³-hybridized carbons (Fsp3) is 0. The van der Waals surface area contributed by atoms with Gasteiger partial charge in [-0.2, -0.15) is 0 Å². The lowest BCUT2D eigenvalue weighted by Crippen LogP contribution is -2.11. The summed E-state index contributed by atoms with van der Waals surface area (Å²) >= 11 is 0.